The van der Waals surface area contributed by atoms with Crippen LogP contribution in [0.2, 0.25) is 0 Å². The summed E-state index contributed by atoms with van der Waals surface area (Å²) in [6.07, 6.45) is 0. The molecule has 2 aromatic carbocycles. The minimum absolute atomic E-state index is 0.165. The number of nitrogens with zero attached hydrogens (tertiary/aromatic N) is 2. The van der Waals surface area contributed by atoms with Crippen molar-refractivity contribution in [1.82, 2.24) is 4.90 Å². The largest absolute Gasteiger partial charge is 0.494 e. The minimum atomic E-state index is -0.165. The van der Waals surface area contributed by atoms with Gasteiger partial charge < -0.3 is 25.6 Å². The lowest BCUT2D eigenvalue weighted by atomic mass is 10.1. The number of amides is 1. The predicted octanol–water partition coefficient (Wildman–Crippen LogP) is 3.06. The number of hydrogen-bond donors (Lipinski definition) is 2. The first-order valence-corrected chi connectivity index (χ1v) is 9.51. The van der Waals surface area contributed by atoms with Crippen molar-refractivity contribution in [3.8, 4) is 5.75 Å². The van der Waals surface area contributed by atoms with Crippen molar-refractivity contribution in [1.29, 1.82) is 0 Å². The summed E-state index contributed by atoms with van der Waals surface area (Å²) in [6, 6.07) is 12.8. The smallest absolute Gasteiger partial charge is 0.255 e. The lowest BCUT2D eigenvalue weighted by Crippen LogP contribution is -2.46. The lowest BCUT2D eigenvalue weighted by Gasteiger charge is -2.36. The molecule has 1 aliphatic heterocycles. The third-order valence-corrected chi connectivity index (χ3v) is 4.87. The summed E-state index contributed by atoms with van der Waals surface area (Å²) in [5.41, 5.74) is 9.26. The van der Waals surface area contributed by atoms with E-state index in [0.29, 0.717) is 23.5 Å². The monoisotopic (exact) mass is 368 g/mol. The highest BCUT2D eigenvalue weighted by atomic mass is 16.5. The number of anilines is 3. The Kier molecular flexibility index (Phi) is 6.19. The Morgan fingerprint density at radius 3 is 2.37 bits per heavy atom. The molecule has 1 aliphatic rings. The molecule has 3 N–H and O–H groups in total. The molecule has 2 aromatic rings. The molecule has 0 atom stereocenters. The van der Waals surface area contributed by atoms with Crippen LogP contribution in [0.5, 0.6) is 5.75 Å². The van der Waals surface area contributed by atoms with Gasteiger partial charge in [-0.3, -0.25) is 4.79 Å². The van der Waals surface area contributed by atoms with E-state index < -0.39 is 0 Å². The summed E-state index contributed by atoms with van der Waals surface area (Å²) in [4.78, 5) is 17.2. The summed E-state index contributed by atoms with van der Waals surface area (Å²) in [5.74, 6) is 0.590. The fourth-order valence-electron chi connectivity index (χ4n) is 3.30. The summed E-state index contributed by atoms with van der Waals surface area (Å²) >= 11 is 0. The van der Waals surface area contributed by atoms with Gasteiger partial charge in [-0.15, -0.1) is 0 Å². The molecule has 6 heteroatoms. The topological polar surface area (TPSA) is 70.8 Å². The lowest BCUT2D eigenvalue weighted by molar-refractivity contribution is 0.102. The van der Waals surface area contributed by atoms with Gasteiger partial charge in [-0.05, 0) is 55.9 Å². The molecular weight excluding hydrogens is 340 g/mol. The van der Waals surface area contributed by atoms with E-state index in [2.05, 4.69) is 22.0 Å². The zero-order valence-corrected chi connectivity index (χ0v) is 16.1. The van der Waals surface area contributed by atoms with E-state index in [0.717, 1.165) is 44.2 Å². The molecule has 1 fully saturated rings. The van der Waals surface area contributed by atoms with Crippen molar-refractivity contribution in [3.63, 3.8) is 0 Å². The van der Waals surface area contributed by atoms with Crippen LogP contribution in [0.3, 0.4) is 0 Å². The van der Waals surface area contributed by atoms with Crippen molar-refractivity contribution in [3.05, 3.63) is 48.0 Å². The van der Waals surface area contributed by atoms with Crippen molar-refractivity contribution < 1.29 is 9.53 Å². The van der Waals surface area contributed by atoms with E-state index in [1.54, 1.807) is 24.3 Å². The van der Waals surface area contributed by atoms with Crippen LogP contribution < -0.4 is 20.7 Å². The van der Waals surface area contributed by atoms with Crippen LogP contribution in [0.4, 0.5) is 17.1 Å². The zero-order chi connectivity index (χ0) is 19.2. The second kappa shape index (κ2) is 8.77. The van der Waals surface area contributed by atoms with Gasteiger partial charge >= 0.3 is 0 Å². The SMILES string of the molecule is CCOc1ccc(C(=O)Nc2ccc(N3CCN(CC)CC3)c(N)c2)cc1. The van der Waals surface area contributed by atoms with Crippen LogP contribution in [-0.2, 0) is 0 Å². The third-order valence-electron chi connectivity index (χ3n) is 4.87. The van der Waals surface area contributed by atoms with E-state index in [1.807, 2.05) is 25.1 Å². The fourth-order valence-corrected chi connectivity index (χ4v) is 3.30. The van der Waals surface area contributed by atoms with Gasteiger partial charge in [0.05, 0.1) is 18.0 Å². The highest BCUT2D eigenvalue weighted by Gasteiger charge is 2.18. The van der Waals surface area contributed by atoms with Gasteiger partial charge in [0, 0.05) is 37.4 Å². The Morgan fingerprint density at radius 1 is 1.07 bits per heavy atom. The minimum Gasteiger partial charge on any atom is -0.494 e. The van der Waals surface area contributed by atoms with Gasteiger partial charge in [-0.2, -0.15) is 0 Å². The van der Waals surface area contributed by atoms with Gasteiger partial charge in [0.15, 0.2) is 0 Å². The number of ether oxygens (including phenoxy) is 1. The highest BCUT2D eigenvalue weighted by Crippen LogP contribution is 2.28. The molecule has 6 nitrogen and oxygen atoms in total. The van der Waals surface area contributed by atoms with E-state index in [9.17, 15) is 4.79 Å². The zero-order valence-electron chi connectivity index (χ0n) is 16.1. The maximum Gasteiger partial charge on any atom is 0.255 e. The maximum atomic E-state index is 12.4. The van der Waals surface area contributed by atoms with Crippen molar-refractivity contribution >= 4 is 23.0 Å². The molecule has 27 heavy (non-hydrogen) atoms. The summed E-state index contributed by atoms with van der Waals surface area (Å²) < 4.78 is 5.40. The first-order valence-electron chi connectivity index (χ1n) is 9.51. The standard InChI is InChI=1S/C21H28N4O2/c1-3-24-11-13-25(14-12-24)20-10-7-17(15-19(20)22)23-21(26)16-5-8-18(9-6-16)27-4-2/h5-10,15H,3-4,11-14,22H2,1-2H3,(H,23,26). The van der Waals surface area contributed by atoms with Gasteiger partial charge in [-0.25, -0.2) is 0 Å². The van der Waals surface area contributed by atoms with Gasteiger partial charge in [0.25, 0.3) is 5.91 Å². The van der Waals surface area contributed by atoms with E-state index in [-0.39, 0.29) is 5.91 Å². The molecule has 1 saturated heterocycles. The molecule has 1 heterocycles. The van der Waals surface area contributed by atoms with Crippen molar-refractivity contribution in [2.75, 3.05) is 55.3 Å². The van der Waals surface area contributed by atoms with Crippen LogP contribution in [0.25, 0.3) is 0 Å². The Balaban J connectivity index is 1.64. The van der Waals surface area contributed by atoms with Gasteiger partial charge in [0.2, 0.25) is 0 Å². The van der Waals surface area contributed by atoms with Crippen LogP contribution in [0, 0.1) is 0 Å². The van der Waals surface area contributed by atoms with Crippen LogP contribution in [0.1, 0.15) is 24.2 Å². The highest BCUT2D eigenvalue weighted by molar-refractivity contribution is 6.04. The molecule has 0 bridgehead atoms. The van der Waals surface area contributed by atoms with Crippen LogP contribution >= 0.6 is 0 Å². The molecule has 0 unspecified atom stereocenters. The van der Waals surface area contributed by atoms with Crippen LogP contribution in [-0.4, -0.2) is 50.1 Å². The number of nitrogens with two attached hydrogens (primary N) is 1. The molecule has 0 saturated carbocycles. The Morgan fingerprint density at radius 2 is 1.78 bits per heavy atom. The van der Waals surface area contributed by atoms with Crippen molar-refractivity contribution in [2.45, 2.75) is 13.8 Å². The Hall–Kier alpha value is -2.73. The molecule has 0 spiro atoms. The predicted molar refractivity (Wildman–Crippen MR) is 111 cm³/mol. The fraction of sp³-hybridized carbons (Fsp3) is 0.381. The number of nitrogen functional groups attached to an aromatic ring is 1. The number of nitrogens with one attached hydrogen (secondary N) is 1. The number of carbonyl (C=O) groups excluding carboxylic acids is 1. The van der Waals surface area contributed by atoms with E-state index in [1.165, 1.54) is 0 Å². The van der Waals surface area contributed by atoms with Gasteiger partial charge in [0.1, 0.15) is 5.75 Å². The average molecular weight is 368 g/mol. The number of rotatable bonds is 6. The molecule has 144 valence electrons. The molecule has 0 aliphatic carbocycles. The number of piperazine rings is 1. The number of carbonyl (C=O) groups is 1. The van der Waals surface area contributed by atoms with Crippen molar-refractivity contribution in [2.24, 2.45) is 0 Å². The molecule has 1 amide bonds. The quantitative estimate of drug-likeness (QED) is 0.767. The second-order valence-corrected chi connectivity index (χ2v) is 6.61. The summed E-state index contributed by atoms with van der Waals surface area (Å²) in [5, 5.41) is 2.91. The van der Waals surface area contributed by atoms with E-state index >= 15 is 0 Å². The number of benzene rings is 2. The molecule has 3 rings (SSSR count). The average Bonchev–Trinajstić information content (AvgIpc) is 2.69. The molecule has 0 aromatic heterocycles. The molecular formula is C21H28N4O2. The van der Waals surface area contributed by atoms with Crippen LogP contribution in [0.15, 0.2) is 42.5 Å². The van der Waals surface area contributed by atoms with E-state index in [4.69, 9.17) is 10.5 Å². The van der Waals surface area contributed by atoms with Gasteiger partial charge in [-0.1, -0.05) is 6.92 Å². The summed E-state index contributed by atoms with van der Waals surface area (Å²) in [7, 11) is 0. The Bertz CT molecular complexity index is 768. The number of likely N-dealkylation sites (N-methyl/N-ethyl adjacent to an activating group) is 1. The first kappa shape index (κ1) is 19.0. The second-order valence-electron chi connectivity index (χ2n) is 6.61. The molecule has 0 radical (unpaired) electrons. The Labute approximate surface area is 160 Å². The summed E-state index contributed by atoms with van der Waals surface area (Å²) in [6.45, 7) is 9.83. The normalized spacial score (nSPS) is 14.8. The number of hydrogen-bond acceptors (Lipinski definition) is 5. The maximum absolute atomic E-state index is 12.4. The third kappa shape index (κ3) is 4.71. The first-order chi connectivity index (χ1) is 13.1.